The van der Waals surface area contributed by atoms with Crippen LogP contribution in [-0.2, 0) is 16.0 Å². The van der Waals surface area contributed by atoms with Crippen LogP contribution in [0.15, 0.2) is 60.0 Å². The normalized spacial score (nSPS) is 14.4. The maximum Gasteiger partial charge on any atom is 0.248 e. The van der Waals surface area contributed by atoms with Gasteiger partial charge in [0.1, 0.15) is 6.04 Å². The topological polar surface area (TPSA) is 84.9 Å². The molecule has 8 heteroatoms. The highest BCUT2D eigenvalue weighted by molar-refractivity contribution is 7.10. The summed E-state index contributed by atoms with van der Waals surface area (Å²) in [5, 5.41) is 5.14. The summed E-state index contributed by atoms with van der Waals surface area (Å²) in [6, 6.07) is 15.0. The standard InChI is InChI=1S/C30H34N2O5S/c1-20(33)21-14-16-23(17-15-21)32(27(34)19-24-11-8-18-38-24)28(30(35)31-22-9-5-4-6-10-22)25-12-7-13-26(36-2)29(25)37-3/h7-8,11-18,22,28H,4-6,9-10,19H2,1-3H3,(H,31,35)/t28-/m0/s1. The molecule has 0 unspecified atom stereocenters. The second-order valence-electron chi connectivity index (χ2n) is 9.45. The molecule has 0 spiro atoms. The van der Waals surface area contributed by atoms with E-state index in [9.17, 15) is 14.4 Å². The average molecular weight is 535 g/mol. The van der Waals surface area contributed by atoms with E-state index in [1.54, 1.807) is 49.6 Å². The third-order valence-corrected chi connectivity index (χ3v) is 7.79. The Bertz CT molecular complexity index is 1250. The Kier molecular flexibility index (Phi) is 9.18. The largest absolute Gasteiger partial charge is 0.493 e. The van der Waals surface area contributed by atoms with Gasteiger partial charge in [-0.05, 0) is 61.5 Å². The van der Waals surface area contributed by atoms with Crippen molar-refractivity contribution >= 4 is 34.6 Å². The number of ketones is 1. The summed E-state index contributed by atoms with van der Waals surface area (Å²) < 4.78 is 11.3. The molecule has 0 radical (unpaired) electrons. The van der Waals surface area contributed by atoms with Crippen LogP contribution >= 0.6 is 11.3 Å². The zero-order valence-corrected chi connectivity index (χ0v) is 22.9. The number of carbonyl (C=O) groups is 3. The van der Waals surface area contributed by atoms with Gasteiger partial charge in [0, 0.05) is 27.7 Å². The minimum absolute atomic E-state index is 0.0460. The van der Waals surface area contributed by atoms with E-state index in [2.05, 4.69) is 5.32 Å². The predicted molar refractivity (Wildman–Crippen MR) is 149 cm³/mol. The maximum atomic E-state index is 14.1. The second-order valence-corrected chi connectivity index (χ2v) is 10.5. The molecule has 4 rings (SSSR count). The quantitative estimate of drug-likeness (QED) is 0.336. The molecule has 0 aliphatic heterocycles. The van der Waals surface area contributed by atoms with Gasteiger partial charge in [0.15, 0.2) is 17.3 Å². The van der Waals surface area contributed by atoms with Gasteiger partial charge in [-0.3, -0.25) is 19.3 Å². The molecular weight excluding hydrogens is 500 g/mol. The van der Waals surface area contributed by atoms with Gasteiger partial charge >= 0.3 is 0 Å². The Morgan fingerprint density at radius 1 is 0.974 bits per heavy atom. The van der Waals surface area contributed by atoms with Gasteiger partial charge in [0.05, 0.1) is 20.6 Å². The highest BCUT2D eigenvalue weighted by Crippen LogP contribution is 2.39. The van der Waals surface area contributed by atoms with E-state index < -0.39 is 6.04 Å². The van der Waals surface area contributed by atoms with Gasteiger partial charge in [-0.1, -0.05) is 37.5 Å². The number of Topliss-reactive ketones (excluding diaryl/α,β-unsaturated/α-hetero) is 1. The molecule has 7 nitrogen and oxygen atoms in total. The molecule has 2 aromatic carbocycles. The zero-order chi connectivity index (χ0) is 27.1. The first-order valence-electron chi connectivity index (χ1n) is 12.9. The average Bonchev–Trinajstić information content (AvgIpc) is 3.44. The molecule has 1 N–H and O–H groups in total. The van der Waals surface area contributed by atoms with Crippen molar-refractivity contribution in [2.24, 2.45) is 0 Å². The molecule has 1 aromatic heterocycles. The summed E-state index contributed by atoms with van der Waals surface area (Å²) in [5.41, 5.74) is 1.57. The number of ether oxygens (including phenoxy) is 2. The number of methoxy groups -OCH3 is 2. The van der Waals surface area contributed by atoms with Crippen molar-refractivity contribution < 1.29 is 23.9 Å². The van der Waals surface area contributed by atoms with Crippen LogP contribution < -0.4 is 19.7 Å². The fraction of sp³-hybridized carbons (Fsp3) is 0.367. The SMILES string of the molecule is COc1cccc([C@@H](C(=O)NC2CCCCC2)N(C(=O)Cc2cccs2)c2ccc(C(C)=O)cc2)c1OC. The second kappa shape index (κ2) is 12.7. The van der Waals surface area contributed by atoms with Crippen LogP contribution in [0.3, 0.4) is 0 Å². The minimum Gasteiger partial charge on any atom is -0.493 e. The lowest BCUT2D eigenvalue weighted by Gasteiger charge is -2.34. The number of hydrogen-bond donors (Lipinski definition) is 1. The number of nitrogens with zero attached hydrogens (tertiary/aromatic N) is 1. The van der Waals surface area contributed by atoms with E-state index in [4.69, 9.17) is 9.47 Å². The van der Waals surface area contributed by atoms with Crippen molar-refractivity contribution in [3.63, 3.8) is 0 Å². The lowest BCUT2D eigenvalue weighted by atomic mass is 9.94. The number of rotatable bonds is 10. The number of benzene rings is 2. The smallest absolute Gasteiger partial charge is 0.248 e. The van der Waals surface area contributed by atoms with Gasteiger partial charge in [-0.25, -0.2) is 0 Å². The van der Waals surface area contributed by atoms with Crippen molar-refractivity contribution in [2.45, 2.75) is 57.5 Å². The molecule has 38 heavy (non-hydrogen) atoms. The van der Waals surface area contributed by atoms with Crippen LogP contribution in [0.4, 0.5) is 5.69 Å². The van der Waals surface area contributed by atoms with Crippen molar-refractivity contribution in [1.82, 2.24) is 5.32 Å². The van der Waals surface area contributed by atoms with Crippen LogP contribution in [0.5, 0.6) is 11.5 Å². The van der Waals surface area contributed by atoms with Crippen LogP contribution in [-0.4, -0.2) is 37.9 Å². The van der Waals surface area contributed by atoms with E-state index in [1.807, 2.05) is 17.5 Å². The Hall–Kier alpha value is -3.65. The van der Waals surface area contributed by atoms with E-state index in [-0.39, 0.29) is 30.1 Å². The van der Waals surface area contributed by atoms with Gasteiger partial charge in [0.2, 0.25) is 11.8 Å². The number of hydrogen-bond acceptors (Lipinski definition) is 6. The first-order chi connectivity index (χ1) is 18.4. The highest BCUT2D eigenvalue weighted by atomic mass is 32.1. The van der Waals surface area contributed by atoms with E-state index >= 15 is 0 Å². The predicted octanol–water partition coefficient (Wildman–Crippen LogP) is 5.73. The summed E-state index contributed by atoms with van der Waals surface area (Å²) in [6.45, 7) is 1.50. The molecule has 0 saturated heterocycles. The van der Waals surface area contributed by atoms with E-state index in [1.165, 1.54) is 30.3 Å². The van der Waals surface area contributed by atoms with Gasteiger partial charge in [-0.2, -0.15) is 0 Å². The number of amides is 2. The highest BCUT2D eigenvalue weighted by Gasteiger charge is 2.36. The summed E-state index contributed by atoms with van der Waals surface area (Å²) in [4.78, 5) is 42.5. The summed E-state index contributed by atoms with van der Waals surface area (Å²) in [7, 11) is 3.07. The number of anilines is 1. The fourth-order valence-corrected chi connectivity index (χ4v) is 5.69. The molecule has 1 aliphatic carbocycles. The molecule has 1 saturated carbocycles. The third-order valence-electron chi connectivity index (χ3n) is 6.91. The molecule has 1 heterocycles. The maximum absolute atomic E-state index is 14.1. The van der Waals surface area contributed by atoms with Gasteiger partial charge in [-0.15, -0.1) is 11.3 Å². The monoisotopic (exact) mass is 534 g/mol. The Morgan fingerprint density at radius 3 is 2.32 bits per heavy atom. The van der Waals surface area contributed by atoms with E-state index in [0.29, 0.717) is 28.3 Å². The Balaban J connectivity index is 1.84. The van der Waals surface area contributed by atoms with E-state index in [0.717, 1.165) is 37.0 Å². The van der Waals surface area contributed by atoms with Crippen molar-refractivity contribution in [3.05, 3.63) is 76.0 Å². The van der Waals surface area contributed by atoms with Gasteiger partial charge < -0.3 is 14.8 Å². The molecule has 0 bridgehead atoms. The molecular formula is C30H34N2O5S. The van der Waals surface area contributed by atoms with Crippen LogP contribution in [0, 0.1) is 0 Å². The number of thiophene rings is 1. The number of nitrogens with one attached hydrogen (secondary N) is 1. The van der Waals surface area contributed by atoms with Gasteiger partial charge in [0.25, 0.3) is 0 Å². The van der Waals surface area contributed by atoms with Crippen LogP contribution in [0.2, 0.25) is 0 Å². The number of carbonyl (C=O) groups excluding carboxylic acids is 3. The van der Waals surface area contributed by atoms with Crippen molar-refractivity contribution in [3.8, 4) is 11.5 Å². The van der Waals surface area contributed by atoms with Crippen LogP contribution in [0.25, 0.3) is 0 Å². The first-order valence-corrected chi connectivity index (χ1v) is 13.8. The van der Waals surface area contributed by atoms with Crippen molar-refractivity contribution in [2.75, 3.05) is 19.1 Å². The summed E-state index contributed by atoms with van der Waals surface area (Å²) >= 11 is 1.49. The molecule has 1 aliphatic rings. The lowest BCUT2D eigenvalue weighted by molar-refractivity contribution is -0.127. The zero-order valence-electron chi connectivity index (χ0n) is 22.1. The molecule has 3 aromatic rings. The lowest BCUT2D eigenvalue weighted by Crippen LogP contribution is -2.47. The summed E-state index contributed by atoms with van der Waals surface area (Å²) in [5.74, 6) is 0.274. The molecule has 1 fully saturated rings. The summed E-state index contributed by atoms with van der Waals surface area (Å²) in [6.07, 6.45) is 5.23. The minimum atomic E-state index is -1.02. The molecule has 200 valence electrons. The molecule has 1 atom stereocenters. The Labute approximate surface area is 227 Å². The van der Waals surface area contributed by atoms with Crippen LogP contribution in [0.1, 0.15) is 65.9 Å². The first kappa shape index (κ1) is 27.4. The third kappa shape index (κ3) is 6.25. The molecule has 2 amide bonds. The van der Waals surface area contributed by atoms with Crippen molar-refractivity contribution in [1.29, 1.82) is 0 Å². The number of para-hydroxylation sites is 1. The fourth-order valence-electron chi connectivity index (χ4n) is 4.99. The Morgan fingerprint density at radius 2 is 1.71 bits per heavy atom.